The maximum atomic E-state index is 5.51. The van der Waals surface area contributed by atoms with Gasteiger partial charge < -0.3 is 15.0 Å². The zero-order valence-electron chi connectivity index (χ0n) is 16.4. The quantitative estimate of drug-likeness (QED) is 0.872. The summed E-state index contributed by atoms with van der Waals surface area (Å²) in [7, 11) is 1.85. The Morgan fingerprint density at radius 1 is 1.08 bits per heavy atom. The molecule has 1 saturated heterocycles. The lowest BCUT2D eigenvalue weighted by molar-refractivity contribution is 0.0329. The highest BCUT2D eigenvalue weighted by Crippen LogP contribution is 2.28. The second-order valence-corrected chi connectivity index (χ2v) is 8.83. The average molecular weight is 348 g/mol. The maximum Gasteiger partial charge on any atom is 0.0572 e. The SMILES string of the molecule is COC1CCC(N2CCC(Nc3cncc(C(C)(C)C)c3)CC2)CC1.[HH]. The minimum Gasteiger partial charge on any atom is -0.381 e. The summed E-state index contributed by atoms with van der Waals surface area (Å²) >= 11 is 0. The summed E-state index contributed by atoms with van der Waals surface area (Å²) in [5.41, 5.74) is 2.62. The van der Waals surface area contributed by atoms with E-state index >= 15 is 0 Å². The summed E-state index contributed by atoms with van der Waals surface area (Å²) in [6.07, 6.45) is 12.0. The predicted molar refractivity (Wildman–Crippen MR) is 106 cm³/mol. The minimum atomic E-state index is 0. The van der Waals surface area contributed by atoms with Crippen molar-refractivity contribution in [3.8, 4) is 0 Å². The van der Waals surface area contributed by atoms with E-state index in [0.717, 1.165) is 6.04 Å². The second-order valence-electron chi connectivity index (χ2n) is 8.83. The molecular weight excluding hydrogens is 310 g/mol. The third-order valence-electron chi connectivity index (χ3n) is 6.00. The molecule has 2 fully saturated rings. The van der Waals surface area contributed by atoms with E-state index in [2.05, 4.69) is 42.0 Å². The monoisotopic (exact) mass is 347 g/mol. The lowest BCUT2D eigenvalue weighted by atomic mass is 9.88. The summed E-state index contributed by atoms with van der Waals surface area (Å²) in [5.74, 6) is 0. The molecule has 0 atom stereocenters. The van der Waals surface area contributed by atoms with Crippen molar-refractivity contribution in [2.24, 2.45) is 0 Å². The van der Waals surface area contributed by atoms with Crippen molar-refractivity contribution in [2.75, 3.05) is 25.5 Å². The number of ether oxygens (including phenoxy) is 1. The molecule has 142 valence electrons. The van der Waals surface area contributed by atoms with Crippen LogP contribution in [0.1, 0.15) is 66.3 Å². The summed E-state index contributed by atoms with van der Waals surface area (Å²) in [6, 6.07) is 3.62. The van der Waals surface area contributed by atoms with Crippen molar-refractivity contribution in [3.05, 3.63) is 24.0 Å². The van der Waals surface area contributed by atoms with E-state index < -0.39 is 0 Å². The molecule has 1 aromatic heterocycles. The molecule has 1 aliphatic heterocycles. The van der Waals surface area contributed by atoms with Crippen LogP contribution in [0, 0.1) is 0 Å². The number of hydrogen-bond donors (Lipinski definition) is 1. The highest BCUT2D eigenvalue weighted by molar-refractivity contribution is 5.45. The molecule has 4 nitrogen and oxygen atoms in total. The Morgan fingerprint density at radius 3 is 2.36 bits per heavy atom. The van der Waals surface area contributed by atoms with Crippen molar-refractivity contribution in [1.82, 2.24) is 9.88 Å². The van der Waals surface area contributed by atoms with E-state index in [1.54, 1.807) is 0 Å². The van der Waals surface area contributed by atoms with E-state index in [4.69, 9.17) is 4.74 Å². The average Bonchev–Trinajstić information content (AvgIpc) is 2.62. The number of nitrogens with zero attached hydrogens (tertiary/aromatic N) is 2. The number of hydrogen-bond acceptors (Lipinski definition) is 4. The molecule has 2 heterocycles. The van der Waals surface area contributed by atoms with Gasteiger partial charge in [0.15, 0.2) is 0 Å². The van der Waals surface area contributed by atoms with Crippen molar-refractivity contribution in [3.63, 3.8) is 0 Å². The van der Waals surface area contributed by atoms with Gasteiger partial charge in [-0.3, -0.25) is 4.98 Å². The summed E-state index contributed by atoms with van der Waals surface area (Å²) < 4.78 is 5.51. The third-order valence-corrected chi connectivity index (χ3v) is 6.00. The lowest BCUT2D eigenvalue weighted by Crippen LogP contribution is -2.46. The van der Waals surface area contributed by atoms with Gasteiger partial charge in [0, 0.05) is 46.1 Å². The van der Waals surface area contributed by atoms with Crippen LogP contribution < -0.4 is 5.32 Å². The normalized spacial score (nSPS) is 26.6. The Kier molecular flexibility index (Phi) is 6.00. The predicted octanol–water partition coefficient (Wildman–Crippen LogP) is 4.46. The Bertz CT molecular complexity index is 544. The first-order valence-electron chi connectivity index (χ1n) is 9.94. The number of likely N-dealkylation sites (tertiary alicyclic amines) is 1. The van der Waals surface area contributed by atoms with Gasteiger partial charge in [0.25, 0.3) is 0 Å². The number of piperidine rings is 1. The molecular formula is C21H37N3O. The van der Waals surface area contributed by atoms with Crippen LogP contribution in [0.3, 0.4) is 0 Å². The summed E-state index contributed by atoms with van der Waals surface area (Å²) in [4.78, 5) is 7.15. The van der Waals surface area contributed by atoms with Crippen molar-refractivity contribution >= 4 is 5.69 Å². The molecule has 0 bridgehead atoms. The number of nitrogens with one attached hydrogen (secondary N) is 1. The molecule has 1 aromatic rings. The number of pyridine rings is 1. The first-order valence-corrected chi connectivity index (χ1v) is 9.94. The molecule has 1 aliphatic carbocycles. The highest BCUT2D eigenvalue weighted by atomic mass is 16.5. The van der Waals surface area contributed by atoms with Crippen LogP contribution in [0.5, 0.6) is 0 Å². The molecule has 1 N–H and O–H groups in total. The van der Waals surface area contributed by atoms with E-state index in [9.17, 15) is 0 Å². The smallest absolute Gasteiger partial charge is 0.0572 e. The number of aromatic nitrogens is 1. The van der Waals surface area contributed by atoms with Crippen LogP contribution >= 0.6 is 0 Å². The molecule has 0 unspecified atom stereocenters. The van der Waals surface area contributed by atoms with Crippen molar-refractivity contribution in [1.29, 1.82) is 0 Å². The fourth-order valence-corrected chi connectivity index (χ4v) is 4.22. The van der Waals surface area contributed by atoms with E-state index in [1.807, 2.05) is 19.5 Å². The molecule has 3 rings (SSSR count). The third kappa shape index (κ3) is 4.95. The lowest BCUT2D eigenvalue weighted by Gasteiger charge is -2.41. The first-order chi connectivity index (χ1) is 12.0. The van der Waals surface area contributed by atoms with Gasteiger partial charge in [0.05, 0.1) is 11.8 Å². The van der Waals surface area contributed by atoms with Crippen LogP contribution in [-0.4, -0.2) is 48.3 Å². The number of anilines is 1. The van der Waals surface area contributed by atoms with Crippen LogP contribution in [0.25, 0.3) is 0 Å². The zero-order chi connectivity index (χ0) is 17.9. The zero-order valence-corrected chi connectivity index (χ0v) is 16.4. The van der Waals surface area contributed by atoms with Gasteiger partial charge in [-0.15, -0.1) is 0 Å². The second kappa shape index (κ2) is 8.05. The van der Waals surface area contributed by atoms with Gasteiger partial charge in [-0.2, -0.15) is 0 Å². The van der Waals surface area contributed by atoms with E-state index in [0.29, 0.717) is 12.1 Å². The Morgan fingerprint density at radius 2 is 1.76 bits per heavy atom. The fraction of sp³-hybridized carbons (Fsp3) is 0.762. The number of rotatable bonds is 4. The largest absolute Gasteiger partial charge is 0.381 e. The van der Waals surface area contributed by atoms with Crippen molar-refractivity contribution < 1.29 is 6.16 Å². The first kappa shape index (κ1) is 18.7. The molecule has 0 amide bonds. The van der Waals surface area contributed by atoms with E-state index in [-0.39, 0.29) is 6.84 Å². The Hall–Kier alpha value is -1.13. The Labute approximate surface area is 154 Å². The van der Waals surface area contributed by atoms with Gasteiger partial charge in [-0.25, -0.2) is 0 Å². The molecule has 0 spiro atoms. The molecule has 1 saturated carbocycles. The highest BCUT2D eigenvalue weighted by Gasteiger charge is 2.29. The van der Waals surface area contributed by atoms with Gasteiger partial charge in [-0.05, 0) is 55.6 Å². The topological polar surface area (TPSA) is 37.4 Å². The molecule has 0 aromatic carbocycles. The molecule has 2 aliphatic rings. The van der Waals surface area contributed by atoms with Gasteiger partial charge >= 0.3 is 0 Å². The van der Waals surface area contributed by atoms with Gasteiger partial charge in [0.2, 0.25) is 0 Å². The number of methoxy groups -OCH3 is 1. The van der Waals surface area contributed by atoms with Crippen molar-refractivity contribution in [2.45, 2.75) is 82.9 Å². The molecule has 4 heteroatoms. The maximum absolute atomic E-state index is 5.51. The molecule has 0 radical (unpaired) electrons. The Balaban J connectivity index is 0.00000243. The minimum absolute atomic E-state index is 0. The van der Waals surface area contributed by atoms with Gasteiger partial charge in [-0.1, -0.05) is 20.8 Å². The summed E-state index contributed by atoms with van der Waals surface area (Å²) in [6.45, 7) is 9.15. The fourth-order valence-electron chi connectivity index (χ4n) is 4.22. The van der Waals surface area contributed by atoms with Crippen LogP contribution in [0.15, 0.2) is 18.5 Å². The van der Waals surface area contributed by atoms with Gasteiger partial charge in [0.1, 0.15) is 0 Å². The standard InChI is InChI=1S/C21H35N3O.H2/c1-21(2,3)16-13-18(15-22-14-16)23-17-9-11-24(12-10-17)19-5-7-20(25-4)8-6-19;/h13-15,17,19-20,23H,5-12H2,1-4H3;1H. The summed E-state index contributed by atoms with van der Waals surface area (Å²) in [5, 5.41) is 3.72. The van der Waals surface area contributed by atoms with Crippen LogP contribution in [0.2, 0.25) is 0 Å². The van der Waals surface area contributed by atoms with E-state index in [1.165, 1.54) is 62.9 Å². The van der Waals surface area contributed by atoms with Crippen LogP contribution in [0.4, 0.5) is 5.69 Å². The molecule has 25 heavy (non-hydrogen) atoms. The van der Waals surface area contributed by atoms with Crippen LogP contribution in [-0.2, 0) is 10.2 Å².